The maximum Gasteiger partial charge on any atom is 0.350 e. The second-order valence-corrected chi connectivity index (χ2v) is 8.71. The molecule has 0 fully saturated rings. The van der Waals surface area contributed by atoms with E-state index in [1.807, 2.05) is 0 Å². The van der Waals surface area contributed by atoms with Gasteiger partial charge in [-0.05, 0) is 33.8 Å². The van der Waals surface area contributed by atoms with Gasteiger partial charge in [0.1, 0.15) is 17.8 Å². The average Bonchev–Trinajstić information content (AvgIpc) is 3.03. The van der Waals surface area contributed by atoms with Crippen molar-refractivity contribution in [1.82, 2.24) is 19.1 Å². The van der Waals surface area contributed by atoms with Gasteiger partial charge in [-0.1, -0.05) is 0 Å². The van der Waals surface area contributed by atoms with Gasteiger partial charge in [0.15, 0.2) is 0 Å². The number of imidazole rings is 1. The summed E-state index contributed by atoms with van der Waals surface area (Å²) in [6.45, 7) is 6.80. The van der Waals surface area contributed by atoms with E-state index >= 15 is 0 Å². The topological polar surface area (TPSA) is 151 Å². The van der Waals surface area contributed by atoms with Gasteiger partial charge < -0.3 is 14.0 Å². The molecule has 2 heterocycles. The molecule has 3 aromatic rings. The van der Waals surface area contributed by atoms with E-state index < -0.39 is 29.9 Å². The number of fused-ring (bicyclic) bond motifs is 1. The third kappa shape index (κ3) is 4.36. The van der Waals surface area contributed by atoms with E-state index in [9.17, 15) is 24.3 Å². The fourth-order valence-corrected chi connectivity index (χ4v) is 4.98. The number of aryl methyl sites for hydroxylation is 2. The Labute approximate surface area is 176 Å². The Morgan fingerprint density at radius 2 is 1.84 bits per heavy atom. The van der Waals surface area contributed by atoms with E-state index in [-0.39, 0.29) is 35.6 Å². The number of nitro benzene ring substituents is 1. The molecule has 0 radical (unpaired) electrons. The van der Waals surface area contributed by atoms with E-state index in [4.69, 9.17) is 9.05 Å². The Morgan fingerprint density at radius 3 is 2.35 bits per heavy atom. The molecule has 0 aliphatic heterocycles. The number of aromatic nitrogens is 4. The van der Waals surface area contributed by atoms with Crippen molar-refractivity contribution < 1.29 is 18.5 Å². The van der Waals surface area contributed by atoms with Crippen LogP contribution in [0, 0.1) is 24.0 Å². The van der Waals surface area contributed by atoms with E-state index in [2.05, 4.69) is 9.97 Å². The first-order valence-electron chi connectivity index (χ1n) is 9.46. The van der Waals surface area contributed by atoms with Crippen LogP contribution in [-0.2, 0) is 19.9 Å². The zero-order valence-electron chi connectivity index (χ0n) is 17.4. The van der Waals surface area contributed by atoms with Crippen molar-refractivity contribution >= 4 is 24.3 Å². The summed E-state index contributed by atoms with van der Waals surface area (Å²) in [5.41, 5.74) is -1.34. The summed E-state index contributed by atoms with van der Waals surface area (Å²) in [7, 11) is -3.76. The smallest absolute Gasteiger partial charge is 0.316 e. The number of hydrogen-bond donors (Lipinski definition) is 1. The van der Waals surface area contributed by atoms with Crippen molar-refractivity contribution in [3.63, 3.8) is 0 Å². The molecule has 0 aliphatic carbocycles. The fourth-order valence-electron chi connectivity index (χ4n) is 3.32. The van der Waals surface area contributed by atoms with Crippen LogP contribution >= 0.6 is 7.60 Å². The lowest BCUT2D eigenvalue weighted by Gasteiger charge is -2.19. The molecule has 0 unspecified atom stereocenters. The number of benzene rings is 1. The van der Waals surface area contributed by atoms with Crippen LogP contribution in [0.25, 0.3) is 16.7 Å². The Kier molecular flexibility index (Phi) is 6.25. The number of rotatable bonds is 8. The Bertz CT molecular complexity index is 1310. The van der Waals surface area contributed by atoms with Crippen LogP contribution in [0.3, 0.4) is 0 Å². The number of aromatic amines is 1. The normalized spacial score (nSPS) is 11.9. The predicted octanol–water partition coefficient (Wildman–Crippen LogP) is 2.62. The molecule has 0 atom stereocenters. The Balaban J connectivity index is 2.36. The minimum atomic E-state index is -3.76. The number of nitrogens with one attached hydrogen (secondary N) is 1. The van der Waals surface area contributed by atoms with Gasteiger partial charge >= 0.3 is 18.7 Å². The van der Waals surface area contributed by atoms with Crippen LogP contribution in [0.5, 0.6) is 0 Å². The lowest BCUT2D eigenvalue weighted by Crippen LogP contribution is -2.36. The van der Waals surface area contributed by atoms with Gasteiger partial charge in [-0.25, -0.2) is 4.98 Å². The lowest BCUT2D eigenvalue weighted by atomic mass is 10.2. The minimum Gasteiger partial charge on any atom is -0.316 e. The maximum absolute atomic E-state index is 13.0. The summed E-state index contributed by atoms with van der Waals surface area (Å²) >= 11 is 0. The quantitative estimate of drug-likeness (QED) is 0.237. The molecule has 0 bridgehead atoms. The van der Waals surface area contributed by atoms with E-state index in [1.54, 1.807) is 33.9 Å². The number of nitrogens with zero attached hydrogens (tertiary/aromatic N) is 4. The molecule has 0 spiro atoms. The van der Waals surface area contributed by atoms with Gasteiger partial charge in [0.05, 0.1) is 34.9 Å². The van der Waals surface area contributed by atoms with Crippen molar-refractivity contribution in [2.75, 3.05) is 13.2 Å². The zero-order valence-corrected chi connectivity index (χ0v) is 18.3. The summed E-state index contributed by atoms with van der Waals surface area (Å²) in [5, 5.41) is 11.7. The molecule has 1 aromatic carbocycles. The van der Waals surface area contributed by atoms with Crippen LogP contribution in [0.2, 0.25) is 0 Å². The van der Waals surface area contributed by atoms with Gasteiger partial charge in [0.2, 0.25) is 0 Å². The number of nitro groups is 1. The molecular weight excluding hydrogens is 429 g/mol. The van der Waals surface area contributed by atoms with Crippen LogP contribution in [-0.4, -0.2) is 37.2 Å². The van der Waals surface area contributed by atoms with Crippen LogP contribution < -0.4 is 11.1 Å². The van der Waals surface area contributed by atoms with Crippen LogP contribution in [0.4, 0.5) is 5.69 Å². The minimum absolute atomic E-state index is 0.0362. The Morgan fingerprint density at radius 1 is 1.19 bits per heavy atom. The van der Waals surface area contributed by atoms with Gasteiger partial charge in [-0.3, -0.25) is 33.4 Å². The third-order valence-electron chi connectivity index (χ3n) is 4.50. The van der Waals surface area contributed by atoms with Gasteiger partial charge in [0.25, 0.3) is 5.69 Å². The van der Waals surface area contributed by atoms with Crippen molar-refractivity contribution in [1.29, 1.82) is 0 Å². The van der Waals surface area contributed by atoms with E-state index in [0.29, 0.717) is 11.5 Å². The van der Waals surface area contributed by atoms with Crippen LogP contribution in [0.15, 0.2) is 27.9 Å². The van der Waals surface area contributed by atoms with Crippen molar-refractivity contribution in [2.45, 2.75) is 34.0 Å². The van der Waals surface area contributed by atoms with E-state index in [1.165, 1.54) is 10.6 Å². The summed E-state index contributed by atoms with van der Waals surface area (Å²) in [6, 6.07) is 2.53. The summed E-state index contributed by atoms with van der Waals surface area (Å²) in [4.78, 5) is 42.6. The maximum atomic E-state index is 13.0. The third-order valence-corrected chi connectivity index (χ3v) is 6.43. The molecule has 13 heteroatoms. The second kappa shape index (κ2) is 8.58. The molecule has 31 heavy (non-hydrogen) atoms. The SMILES string of the molecule is CCOP(=O)(Cn1c(=O)c(=O)[nH]c2cc([N+](=O)[O-])c(-n3cc(C)nc3C)cc21)OCC. The molecule has 0 saturated heterocycles. The predicted molar refractivity (Wildman–Crippen MR) is 113 cm³/mol. The summed E-state index contributed by atoms with van der Waals surface area (Å²) < 4.78 is 26.0. The van der Waals surface area contributed by atoms with Crippen molar-refractivity contribution in [2.24, 2.45) is 0 Å². The van der Waals surface area contributed by atoms with Gasteiger partial charge in [-0.2, -0.15) is 0 Å². The fraction of sp³-hybridized carbons (Fsp3) is 0.389. The lowest BCUT2D eigenvalue weighted by molar-refractivity contribution is -0.384. The molecule has 0 amide bonds. The first-order valence-corrected chi connectivity index (χ1v) is 11.2. The Hall–Kier alpha value is -3.08. The highest BCUT2D eigenvalue weighted by atomic mass is 31.2. The largest absolute Gasteiger partial charge is 0.350 e. The first kappa shape index (κ1) is 22.6. The first-order chi connectivity index (χ1) is 14.6. The molecule has 0 aliphatic rings. The zero-order chi connectivity index (χ0) is 22.9. The second-order valence-electron chi connectivity index (χ2n) is 6.69. The highest BCUT2D eigenvalue weighted by molar-refractivity contribution is 7.52. The van der Waals surface area contributed by atoms with Crippen molar-refractivity contribution in [3.8, 4) is 5.69 Å². The standard InChI is InChI=1S/C18H22N5O7P/c1-5-29-31(28,30-6-2)10-22-14-8-15(21-9-11(3)19-12(21)4)16(23(26)27)7-13(14)20-17(24)18(22)25/h7-9H,5-6,10H2,1-4H3,(H,20,24). The summed E-state index contributed by atoms with van der Waals surface area (Å²) in [5.74, 6) is 0.493. The average molecular weight is 451 g/mol. The molecule has 3 rings (SSSR count). The molecular formula is C18H22N5O7P. The highest BCUT2D eigenvalue weighted by Gasteiger charge is 2.28. The molecule has 1 N–H and O–H groups in total. The highest BCUT2D eigenvalue weighted by Crippen LogP contribution is 2.49. The van der Waals surface area contributed by atoms with Crippen molar-refractivity contribution in [3.05, 3.63) is 60.7 Å². The number of H-pyrrole nitrogens is 1. The van der Waals surface area contributed by atoms with Crippen LogP contribution in [0.1, 0.15) is 25.4 Å². The van der Waals surface area contributed by atoms with Gasteiger partial charge in [0, 0.05) is 12.3 Å². The molecule has 0 saturated carbocycles. The molecule has 166 valence electrons. The van der Waals surface area contributed by atoms with Gasteiger partial charge in [-0.15, -0.1) is 0 Å². The summed E-state index contributed by atoms with van der Waals surface area (Å²) in [6.07, 6.45) is 1.09. The molecule has 2 aromatic heterocycles. The molecule has 12 nitrogen and oxygen atoms in total. The van der Waals surface area contributed by atoms with E-state index in [0.717, 1.165) is 10.6 Å². The monoisotopic (exact) mass is 451 g/mol. The number of hydrogen-bond acceptors (Lipinski definition) is 8.